The zero-order valence-corrected chi connectivity index (χ0v) is 18.0. The van der Waals surface area contributed by atoms with Gasteiger partial charge in [-0.15, -0.1) is 0 Å². The molecule has 162 valence electrons. The second-order valence-electron chi connectivity index (χ2n) is 7.74. The molecule has 0 saturated heterocycles. The van der Waals surface area contributed by atoms with E-state index in [1.54, 1.807) is 30.5 Å². The fraction of sp³-hybridized carbons (Fsp3) is 0.185. The summed E-state index contributed by atoms with van der Waals surface area (Å²) in [5.74, 6) is -0.132. The van der Waals surface area contributed by atoms with Crippen LogP contribution in [0.3, 0.4) is 0 Å². The molecular formula is C27H23F2NO2. The van der Waals surface area contributed by atoms with Gasteiger partial charge in [-0.25, -0.2) is 8.78 Å². The van der Waals surface area contributed by atoms with Crippen LogP contribution in [-0.2, 0) is 12.8 Å². The van der Waals surface area contributed by atoms with Crippen molar-refractivity contribution in [3.8, 4) is 5.75 Å². The van der Waals surface area contributed by atoms with E-state index in [0.717, 1.165) is 27.6 Å². The fourth-order valence-corrected chi connectivity index (χ4v) is 3.89. The molecule has 0 N–H and O–H groups in total. The molecule has 3 aromatic carbocycles. The van der Waals surface area contributed by atoms with Crippen molar-refractivity contribution in [3.05, 3.63) is 106 Å². The van der Waals surface area contributed by atoms with E-state index >= 15 is 0 Å². The molecule has 0 fully saturated rings. The molecular weight excluding hydrogens is 408 g/mol. The molecule has 0 aliphatic rings. The average Bonchev–Trinajstić information content (AvgIpc) is 2.81. The number of Topliss-reactive ketones (excluding diaryl/α,β-unsaturated/α-hetero) is 1. The van der Waals surface area contributed by atoms with Gasteiger partial charge in [0.05, 0.1) is 12.7 Å². The summed E-state index contributed by atoms with van der Waals surface area (Å²) in [5, 5.41) is 0.874. The van der Waals surface area contributed by atoms with Gasteiger partial charge in [0.15, 0.2) is 11.5 Å². The monoisotopic (exact) mass is 431 g/mol. The van der Waals surface area contributed by atoms with Crippen LogP contribution in [0.5, 0.6) is 5.75 Å². The van der Waals surface area contributed by atoms with Gasteiger partial charge in [0.25, 0.3) is 0 Å². The Kier molecular flexibility index (Phi) is 6.26. The van der Waals surface area contributed by atoms with Crippen molar-refractivity contribution < 1.29 is 18.3 Å². The molecule has 0 bridgehead atoms. The van der Waals surface area contributed by atoms with E-state index in [1.165, 1.54) is 31.4 Å². The van der Waals surface area contributed by atoms with Crippen molar-refractivity contribution >= 4 is 16.7 Å². The molecule has 0 amide bonds. The summed E-state index contributed by atoms with van der Waals surface area (Å²) in [6.45, 7) is 1.81. The molecule has 4 rings (SSSR count). The van der Waals surface area contributed by atoms with Gasteiger partial charge in [-0.1, -0.05) is 31.2 Å². The molecule has 0 spiro atoms. The standard InChI is InChI=1S/C27H23F2NO2/c1-3-25(31)24-15-20(13-18-6-10-22(29)11-7-18)23-14-19(16-30-26(23)27(24)32-2)12-17-4-8-21(28)9-5-17/h4-11,14-16H,3,12-13H2,1-2H3. The Hall–Kier alpha value is -3.60. The van der Waals surface area contributed by atoms with Crippen molar-refractivity contribution in [1.29, 1.82) is 0 Å². The highest BCUT2D eigenvalue weighted by molar-refractivity contribution is 6.05. The molecule has 32 heavy (non-hydrogen) atoms. The van der Waals surface area contributed by atoms with Crippen LogP contribution in [0, 0.1) is 11.6 Å². The Morgan fingerprint density at radius 2 is 1.47 bits per heavy atom. The van der Waals surface area contributed by atoms with Crippen LogP contribution < -0.4 is 4.74 Å². The second kappa shape index (κ2) is 9.27. The Labute approximate surface area is 185 Å². The maximum Gasteiger partial charge on any atom is 0.166 e. The highest BCUT2D eigenvalue weighted by Crippen LogP contribution is 2.34. The fourth-order valence-electron chi connectivity index (χ4n) is 3.89. The summed E-state index contributed by atoms with van der Waals surface area (Å²) in [5.41, 5.74) is 4.89. The normalized spacial score (nSPS) is 11.0. The summed E-state index contributed by atoms with van der Waals surface area (Å²) in [7, 11) is 1.54. The van der Waals surface area contributed by atoms with Gasteiger partial charge in [-0.3, -0.25) is 9.78 Å². The summed E-state index contributed by atoms with van der Waals surface area (Å²) in [4.78, 5) is 17.3. The summed E-state index contributed by atoms with van der Waals surface area (Å²) in [6, 6.07) is 16.6. The highest BCUT2D eigenvalue weighted by Gasteiger charge is 2.19. The molecule has 0 aliphatic carbocycles. The van der Waals surface area contributed by atoms with Crippen LogP contribution in [0.15, 0.2) is 66.9 Å². The number of aromatic nitrogens is 1. The molecule has 1 heterocycles. The minimum atomic E-state index is -0.293. The van der Waals surface area contributed by atoms with E-state index in [-0.39, 0.29) is 17.4 Å². The number of halogens is 2. The molecule has 0 atom stereocenters. The van der Waals surface area contributed by atoms with E-state index in [9.17, 15) is 13.6 Å². The van der Waals surface area contributed by atoms with Crippen molar-refractivity contribution in [2.45, 2.75) is 26.2 Å². The van der Waals surface area contributed by atoms with Crippen LogP contribution in [0.25, 0.3) is 10.9 Å². The van der Waals surface area contributed by atoms with Crippen molar-refractivity contribution in [2.24, 2.45) is 0 Å². The first-order valence-electron chi connectivity index (χ1n) is 10.5. The summed E-state index contributed by atoms with van der Waals surface area (Å²) in [6.07, 6.45) is 3.22. The van der Waals surface area contributed by atoms with Crippen LogP contribution >= 0.6 is 0 Å². The van der Waals surface area contributed by atoms with Gasteiger partial charge in [-0.2, -0.15) is 0 Å². The predicted molar refractivity (Wildman–Crippen MR) is 121 cm³/mol. The van der Waals surface area contributed by atoms with Gasteiger partial charge < -0.3 is 4.74 Å². The number of carbonyl (C=O) groups excluding carboxylic acids is 1. The quantitative estimate of drug-likeness (QED) is 0.323. The van der Waals surface area contributed by atoms with Crippen molar-refractivity contribution in [2.75, 3.05) is 7.11 Å². The average molecular weight is 431 g/mol. The third-order valence-corrected chi connectivity index (χ3v) is 5.52. The van der Waals surface area contributed by atoms with Crippen LogP contribution in [0.1, 0.15) is 46.0 Å². The molecule has 0 radical (unpaired) electrons. The summed E-state index contributed by atoms with van der Waals surface area (Å²) < 4.78 is 32.2. The zero-order chi connectivity index (χ0) is 22.7. The molecule has 5 heteroatoms. The number of rotatable bonds is 7. The van der Waals surface area contributed by atoms with Crippen LogP contribution in [0.2, 0.25) is 0 Å². The summed E-state index contributed by atoms with van der Waals surface area (Å²) >= 11 is 0. The minimum absolute atomic E-state index is 0.0266. The van der Waals surface area contributed by atoms with Gasteiger partial charge in [0.1, 0.15) is 17.2 Å². The topological polar surface area (TPSA) is 39.2 Å². The number of nitrogens with zero attached hydrogens (tertiary/aromatic N) is 1. The Balaban J connectivity index is 1.85. The van der Waals surface area contributed by atoms with E-state index in [2.05, 4.69) is 4.98 Å². The minimum Gasteiger partial charge on any atom is -0.494 e. The smallest absolute Gasteiger partial charge is 0.166 e. The number of ketones is 1. The van der Waals surface area contributed by atoms with E-state index in [1.807, 2.05) is 19.1 Å². The number of fused-ring (bicyclic) bond motifs is 1. The number of benzene rings is 3. The number of hydrogen-bond acceptors (Lipinski definition) is 3. The lowest BCUT2D eigenvalue weighted by Crippen LogP contribution is -2.05. The SMILES string of the molecule is CCC(=O)c1cc(Cc2ccc(F)cc2)c2cc(Cc3ccc(F)cc3)cnc2c1OC. The lowest BCUT2D eigenvalue weighted by Gasteiger charge is -2.15. The van der Waals surface area contributed by atoms with E-state index in [4.69, 9.17) is 4.74 Å². The maximum absolute atomic E-state index is 13.4. The Morgan fingerprint density at radius 1 is 0.875 bits per heavy atom. The van der Waals surface area contributed by atoms with E-state index in [0.29, 0.717) is 36.1 Å². The lowest BCUT2D eigenvalue weighted by molar-refractivity contribution is 0.0985. The zero-order valence-electron chi connectivity index (χ0n) is 18.0. The van der Waals surface area contributed by atoms with E-state index < -0.39 is 0 Å². The van der Waals surface area contributed by atoms with Gasteiger partial charge >= 0.3 is 0 Å². The number of carbonyl (C=O) groups is 1. The van der Waals surface area contributed by atoms with Gasteiger partial charge in [0, 0.05) is 18.0 Å². The first kappa shape index (κ1) is 21.6. The molecule has 0 unspecified atom stereocenters. The predicted octanol–water partition coefficient (Wildman–Crippen LogP) is 6.30. The molecule has 1 aromatic heterocycles. The lowest BCUT2D eigenvalue weighted by atomic mass is 9.93. The largest absolute Gasteiger partial charge is 0.494 e. The number of ether oxygens (including phenoxy) is 1. The molecule has 0 aliphatic heterocycles. The number of hydrogen-bond donors (Lipinski definition) is 0. The maximum atomic E-state index is 13.4. The molecule has 0 saturated carbocycles. The third-order valence-electron chi connectivity index (χ3n) is 5.52. The number of methoxy groups -OCH3 is 1. The van der Waals surface area contributed by atoms with Gasteiger partial charge in [0.2, 0.25) is 0 Å². The number of pyridine rings is 1. The van der Waals surface area contributed by atoms with Gasteiger partial charge in [-0.05, 0) is 71.5 Å². The first-order valence-corrected chi connectivity index (χ1v) is 10.5. The molecule has 3 nitrogen and oxygen atoms in total. The Morgan fingerprint density at radius 3 is 2.03 bits per heavy atom. The van der Waals surface area contributed by atoms with Crippen molar-refractivity contribution in [3.63, 3.8) is 0 Å². The highest BCUT2D eigenvalue weighted by atomic mass is 19.1. The Bertz CT molecular complexity index is 1270. The molecule has 4 aromatic rings. The second-order valence-corrected chi connectivity index (χ2v) is 7.74. The third kappa shape index (κ3) is 4.52. The van der Waals surface area contributed by atoms with Crippen molar-refractivity contribution in [1.82, 2.24) is 4.98 Å². The first-order chi connectivity index (χ1) is 15.5. The van der Waals surface area contributed by atoms with Crippen LogP contribution in [0.4, 0.5) is 8.78 Å². The van der Waals surface area contributed by atoms with Crippen LogP contribution in [-0.4, -0.2) is 17.9 Å².